The van der Waals surface area contributed by atoms with Crippen LogP contribution >= 0.6 is 0 Å². The summed E-state index contributed by atoms with van der Waals surface area (Å²) in [4.78, 5) is 21.2. The van der Waals surface area contributed by atoms with Crippen LogP contribution in [0, 0.1) is 0 Å². The zero-order chi connectivity index (χ0) is 11.3. The van der Waals surface area contributed by atoms with Crippen molar-refractivity contribution in [2.75, 3.05) is 0 Å². The van der Waals surface area contributed by atoms with Gasteiger partial charge in [0.05, 0.1) is 12.0 Å². The minimum atomic E-state index is -1.12. The van der Waals surface area contributed by atoms with Crippen molar-refractivity contribution in [2.24, 2.45) is 0 Å². The molecule has 2 N–H and O–H groups in total. The average Bonchev–Trinajstić information content (AvgIpc) is 2.18. The van der Waals surface area contributed by atoms with E-state index >= 15 is 0 Å². The summed E-state index contributed by atoms with van der Waals surface area (Å²) in [6, 6.07) is 8.42. The maximum atomic E-state index is 10.9. The molecule has 0 aliphatic heterocycles. The number of carboxylic acids is 2. The molecule has 78 valence electrons. The molecule has 0 saturated heterocycles. The van der Waals surface area contributed by atoms with Crippen LogP contribution in [0.3, 0.4) is 0 Å². The van der Waals surface area contributed by atoms with Crippen LogP contribution < -0.4 is 0 Å². The standard InChI is InChI=1S/C11H10O4/c12-10(13)7-6-9(11(14)15)8-4-2-1-3-5-8/h1-6H,7H2,(H,12,13)(H,14,15)/b9-6-. The molecule has 1 aromatic carbocycles. The van der Waals surface area contributed by atoms with Gasteiger partial charge in [0.1, 0.15) is 0 Å². The van der Waals surface area contributed by atoms with Crippen LogP contribution in [-0.4, -0.2) is 22.2 Å². The van der Waals surface area contributed by atoms with Crippen molar-refractivity contribution in [1.82, 2.24) is 0 Å². The molecule has 15 heavy (non-hydrogen) atoms. The predicted octanol–water partition coefficient (Wildman–Crippen LogP) is 1.63. The number of hydrogen-bond donors (Lipinski definition) is 2. The molecule has 0 bridgehead atoms. The van der Waals surface area contributed by atoms with Crippen LogP contribution in [-0.2, 0) is 9.59 Å². The third kappa shape index (κ3) is 3.27. The molecule has 0 heterocycles. The maximum Gasteiger partial charge on any atom is 0.335 e. The molecule has 0 unspecified atom stereocenters. The van der Waals surface area contributed by atoms with Crippen molar-refractivity contribution in [3.63, 3.8) is 0 Å². The quantitative estimate of drug-likeness (QED) is 0.734. The molecule has 0 spiro atoms. The molecule has 0 aromatic heterocycles. The summed E-state index contributed by atoms with van der Waals surface area (Å²) in [7, 11) is 0. The molecule has 0 radical (unpaired) electrons. The summed E-state index contributed by atoms with van der Waals surface area (Å²) in [6.07, 6.45) is 0.899. The van der Waals surface area contributed by atoms with Gasteiger partial charge in [0, 0.05) is 0 Å². The van der Waals surface area contributed by atoms with Crippen LogP contribution in [0.2, 0.25) is 0 Å². The zero-order valence-corrected chi connectivity index (χ0v) is 7.88. The van der Waals surface area contributed by atoms with Gasteiger partial charge >= 0.3 is 11.9 Å². The Morgan fingerprint density at radius 2 is 1.73 bits per heavy atom. The van der Waals surface area contributed by atoms with Crippen LogP contribution in [0.1, 0.15) is 12.0 Å². The van der Waals surface area contributed by atoms with Crippen molar-refractivity contribution in [2.45, 2.75) is 6.42 Å². The number of carbonyl (C=O) groups is 2. The van der Waals surface area contributed by atoms with Crippen molar-refractivity contribution in [3.8, 4) is 0 Å². The minimum absolute atomic E-state index is 0.0120. The van der Waals surface area contributed by atoms with Gasteiger partial charge in [-0.25, -0.2) is 4.79 Å². The smallest absolute Gasteiger partial charge is 0.335 e. The van der Waals surface area contributed by atoms with Gasteiger partial charge in [-0.15, -0.1) is 0 Å². The molecule has 4 heteroatoms. The van der Waals surface area contributed by atoms with E-state index in [1.54, 1.807) is 30.3 Å². The lowest BCUT2D eigenvalue weighted by atomic mass is 10.1. The summed E-state index contributed by atoms with van der Waals surface area (Å²) in [5, 5.41) is 17.3. The Morgan fingerprint density at radius 1 is 1.13 bits per heavy atom. The predicted molar refractivity (Wildman–Crippen MR) is 54.3 cm³/mol. The Balaban J connectivity index is 2.99. The van der Waals surface area contributed by atoms with Crippen molar-refractivity contribution >= 4 is 17.5 Å². The number of aliphatic carboxylic acids is 2. The van der Waals surface area contributed by atoms with Gasteiger partial charge < -0.3 is 10.2 Å². The fraction of sp³-hybridized carbons (Fsp3) is 0.0909. The van der Waals surface area contributed by atoms with E-state index in [9.17, 15) is 9.59 Å². The molecule has 4 nitrogen and oxygen atoms in total. The Labute approximate surface area is 86.5 Å². The van der Waals surface area contributed by atoms with Crippen molar-refractivity contribution in [3.05, 3.63) is 42.0 Å². The first-order valence-corrected chi connectivity index (χ1v) is 4.32. The van der Waals surface area contributed by atoms with E-state index < -0.39 is 11.9 Å². The normalized spacial score (nSPS) is 11.1. The van der Waals surface area contributed by atoms with Gasteiger partial charge in [-0.3, -0.25) is 4.79 Å². The second-order valence-corrected chi connectivity index (χ2v) is 2.89. The van der Waals surface area contributed by atoms with Crippen molar-refractivity contribution < 1.29 is 19.8 Å². The minimum Gasteiger partial charge on any atom is -0.481 e. The topological polar surface area (TPSA) is 74.6 Å². The number of carboxylic acid groups (broad SMARTS) is 2. The van der Waals surface area contributed by atoms with Gasteiger partial charge in [-0.2, -0.15) is 0 Å². The van der Waals surface area contributed by atoms with E-state index in [4.69, 9.17) is 10.2 Å². The molecule has 1 rings (SSSR count). The first-order valence-electron chi connectivity index (χ1n) is 4.32. The highest BCUT2D eigenvalue weighted by atomic mass is 16.4. The lowest BCUT2D eigenvalue weighted by Crippen LogP contribution is -2.01. The van der Waals surface area contributed by atoms with Crippen LogP contribution in [0.5, 0.6) is 0 Å². The third-order valence-corrected chi connectivity index (χ3v) is 1.80. The van der Waals surface area contributed by atoms with E-state index in [0.29, 0.717) is 5.56 Å². The number of rotatable bonds is 4. The highest BCUT2D eigenvalue weighted by molar-refractivity contribution is 6.15. The van der Waals surface area contributed by atoms with E-state index in [-0.39, 0.29) is 12.0 Å². The highest BCUT2D eigenvalue weighted by Gasteiger charge is 2.09. The molecule has 0 fully saturated rings. The second-order valence-electron chi connectivity index (χ2n) is 2.89. The van der Waals surface area contributed by atoms with E-state index in [1.165, 1.54) is 6.08 Å². The molecule has 0 saturated carbocycles. The summed E-state index contributed by atoms with van der Waals surface area (Å²) in [5.41, 5.74) is 0.518. The van der Waals surface area contributed by atoms with Gasteiger partial charge in [-0.1, -0.05) is 36.4 Å². The molecule has 0 aliphatic carbocycles. The zero-order valence-electron chi connectivity index (χ0n) is 7.88. The van der Waals surface area contributed by atoms with Crippen LogP contribution in [0.15, 0.2) is 36.4 Å². The lowest BCUT2D eigenvalue weighted by Gasteiger charge is -2.01. The first-order chi connectivity index (χ1) is 7.11. The third-order valence-electron chi connectivity index (χ3n) is 1.80. The van der Waals surface area contributed by atoms with E-state index in [0.717, 1.165) is 0 Å². The number of hydrogen-bond acceptors (Lipinski definition) is 2. The molecule has 1 aromatic rings. The van der Waals surface area contributed by atoms with Crippen LogP contribution in [0.25, 0.3) is 5.57 Å². The number of benzene rings is 1. The molecule has 0 atom stereocenters. The summed E-state index contributed by atoms with van der Waals surface area (Å²) in [6.45, 7) is 0. The molecule has 0 aliphatic rings. The Kier molecular flexibility index (Phi) is 3.62. The Hall–Kier alpha value is -2.10. The highest BCUT2D eigenvalue weighted by Crippen LogP contribution is 2.14. The Bertz CT molecular complexity index is 392. The summed E-state index contributed by atoms with van der Waals surface area (Å²) >= 11 is 0. The van der Waals surface area contributed by atoms with Gasteiger partial charge in [0.2, 0.25) is 0 Å². The van der Waals surface area contributed by atoms with Gasteiger partial charge in [-0.05, 0) is 5.56 Å². The molecular formula is C11H10O4. The van der Waals surface area contributed by atoms with Crippen molar-refractivity contribution in [1.29, 1.82) is 0 Å². The monoisotopic (exact) mass is 206 g/mol. The fourth-order valence-corrected chi connectivity index (χ4v) is 1.14. The van der Waals surface area contributed by atoms with E-state index in [2.05, 4.69) is 0 Å². The summed E-state index contributed by atoms with van der Waals surface area (Å²) in [5.74, 6) is -2.17. The second kappa shape index (κ2) is 4.95. The largest absolute Gasteiger partial charge is 0.481 e. The first kappa shape index (κ1) is 11.0. The Morgan fingerprint density at radius 3 is 2.20 bits per heavy atom. The maximum absolute atomic E-state index is 10.9. The SMILES string of the molecule is O=C(O)C/C=C(\C(=O)O)c1ccccc1. The van der Waals surface area contributed by atoms with E-state index in [1.807, 2.05) is 0 Å². The fourth-order valence-electron chi connectivity index (χ4n) is 1.14. The van der Waals surface area contributed by atoms with Crippen LogP contribution in [0.4, 0.5) is 0 Å². The van der Waals surface area contributed by atoms with Gasteiger partial charge in [0.25, 0.3) is 0 Å². The molecule has 0 amide bonds. The molecular weight excluding hydrogens is 196 g/mol. The lowest BCUT2D eigenvalue weighted by molar-refractivity contribution is -0.136. The average molecular weight is 206 g/mol. The summed E-state index contributed by atoms with van der Waals surface area (Å²) < 4.78 is 0. The van der Waals surface area contributed by atoms with Gasteiger partial charge in [0.15, 0.2) is 0 Å².